The van der Waals surface area contributed by atoms with Crippen molar-refractivity contribution in [2.24, 2.45) is 0 Å². The van der Waals surface area contributed by atoms with Gasteiger partial charge in [0.15, 0.2) is 0 Å². The minimum absolute atomic E-state index is 1.29. The second-order valence-electron chi connectivity index (χ2n) is 2.54. The molecule has 1 aromatic carbocycles. The van der Waals surface area contributed by atoms with E-state index in [1.54, 1.807) is 0 Å². The molecule has 1 heterocycles. The molecule has 2 rings (SSSR count). The van der Waals surface area contributed by atoms with E-state index in [2.05, 4.69) is 48.8 Å². The van der Waals surface area contributed by atoms with Crippen LogP contribution in [0.15, 0.2) is 54.9 Å². The number of quaternary nitrogens is 1. The monoisotopic (exact) mass is 144 g/mol. The van der Waals surface area contributed by atoms with Crippen LogP contribution in [0.3, 0.4) is 0 Å². The highest BCUT2D eigenvalue weighted by atomic mass is 15.1. The second kappa shape index (κ2) is 2.72. The van der Waals surface area contributed by atoms with Crippen LogP contribution in [0, 0.1) is 0 Å². The van der Waals surface area contributed by atoms with E-state index in [0.29, 0.717) is 0 Å². The Morgan fingerprint density at radius 1 is 0.818 bits per heavy atom. The summed E-state index contributed by atoms with van der Waals surface area (Å²) in [7, 11) is 0. The van der Waals surface area contributed by atoms with Gasteiger partial charge in [0, 0.05) is 0 Å². The van der Waals surface area contributed by atoms with Gasteiger partial charge >= 0.3 is 0 Å². The maximum Gasteiger partial charge on any atom is 0.140 e. The van der Waals surface area contributed by atoms with Crippen LogP contribution in [0.25, 0.3) is 0 Å². The first-order valence-electron chi connectivity index (χ1n) is 3.74. The van der Waals surface area contributed by atoms with Crippen LogP contribution in [-0.4, -0.2) is 0 Å². The van der Waals surface area contributed by atoms with E-state index in [-0.39, 0.29) is 0 Å². The topological polar surface area (TPSA) is 4.44 Å². The van der Waals surface area contributed by atoms with Gasteiger partial charge in [-0.2, -0.15) is 0 Å². The van der Waals surface area contributed by atoms with Crippen molar-refractivity contribution in [3.63, 3.8) is 0 Å². The molecule has 0 bridgehead atoms. The number of rotatable bonds is 1. The molecule has 0 spiro atoms. The highest BCUT2D eigenvalue weighted by Crippen LogP contribution is 1.99. The molecule has 1 aliphatic heterocycles. The molecule has 0 saturated heterocycles. The van der Waals surface area contributed by atoms with Crippen molar-refractivity contribution in [3.8, 4) is 0 Å². The molecule has 0 unspecified atom stereocenters. The standard InChI is InChI=1S/C10H9N/c1-2-6-10(7-3-1)11-8-4-5-9-11/h1-9H/p+1. The molecule has 1 nitrogen and oxygen atoms in total. The fourth-order valence-corrected chi connectivity index (χ4v) is 1.20. The van der Waals surface area contributed by atoms with Crippen molar-refractivity contribution in [2.75, 3.05) is 0 Å². The Bertz CT molecular complexity index is 273. The zero-order chi connectivity index (χ0) is 7.52. The van der Waals surface area contributed by atoms with E-state index in [0.717, 1.165) is 0 Å². The minimum Gasteiger partial charge on any atom is -0.250 e. The predicted octanol–water partition coefficient (Wildman–Crippen LogP) is 1.24. The summed E-state index contributed by atoms with van der Waals surface area (Å²) in [5.41, 5.74) is 1.29. The zero-order valence-electron chi connectivity index (χ0n) is 6.20. The molecule has 1 N–H and O–H groups in total. The van der Waals surface area contributed by atoms with Crippen molar-refractivity contribution >= 4 is 5.69 Å². The van der Waals surface area contributed by atoms with Crippen molar-refractivity contribution in [3.05, 3.63) is 54.9 Å². The Kier molecular flexibility index (Phi) is 1.58. The molecule has 54 valence electrons. The lowest BCUT2D eigenvalue weighted by Crippen LogP contribution is -2.96. The number of nitrogens with one attached hydrogen (secondary N) is 1. The van der Waals surface area contributed by atoms with Gasteiger partial charge in [-0.3, -0.25) is 4.90 Å². The van der Waals surface area contributed by atoms with Gasteiger partial charge in [-0.25, -0.2) is 0 Å². The van der Waals surface area contributed by atoms with Gasteiger partial charge in [-0.15, -0.1) is 0 Å². The second-order valence-corrected chi connectivity index (χ2v) is 2.54. The van der Waals surface area contributed by atoms with Gasteiger partial charge in [0.05, 0.1) is 0 Å². The summed E-state index contributed by atoms with van der Waals surface area (Å²) >= 11 is 0. The van der Waals surface area contributed by atoms with Crippen LogP contribution in [0.1, 0.15) is 0 Å². The number of hydrogen-bond acceptors (Lipinski definition) is 0. The van der Waals surface area contributed by atoms with Crippen molar-refractivity contribution in [2.45, 2.75) is 0 Å². The highest BCUT2D eigenvalue weighted by molar-refractivity contribution is 5.30. The maximum atomic E-state index is 2.12. The molecular weight excluding hydrogens is 134 g/mol. The fraction of sp³-hybridized carbons (Fsp3) is 0. The lowest BCUT2D eigenvalue weighted by atomic mass is 10.3. The van der Waals surface area contributed by atoms with Crippen LogP contribution in [0.5, 0.6) is 0 Å². The first kappa shape index (κ1) is 6.38. The summed E-state index contributed by atoms with van der Waals surface area (Å²) in [5.74, 6) is 0. The molecule has 0 atom stereocenters. The first-order chi connectivity index (χ1) is 5.47. The minimum atomic E-state index is 1.29. The maximum absolute atomic E-state index is 2.12. The third-order valence-corrected chi connectivity index (χ3v) is 1.77. The normalized spacial score (nSPS) is 16.0. The van der Waals surface area contributed by atoms with E-state index < -0.39 is 0 Å². The molecule has 1 aromatic rings. The van der Waals surface area contributed by atoms with Gasteiger partial charge in [-0.05, 0) is 24.3 Å². The smallest absolute Gasteiger partial charge is 0.140 e. The predicted molar refractivity (Wildman–Crippen MR) is 45.3 cm³/mol. The number of benzene rings is 1. The summed E-state index contributed by atoms with van der Waals surface area (Å²) < 4.78 is 0. The van der Waals surface area contributed by atoms with Gasteiger partial charge < -0.3 is 0 Å². The molecule has 0 fully saturated rings. The third kappa shape index (κ3) is 1.23. The summed E-state index contributed by atoms with van der Waals surface area (Å²) in [6, 6.07) is 10.4. The van der Waals surface area contributed by atoms with Crippen LogP contribution in [0.2, 0.25) is 0 Å². The molecule has 0 amide bonds. The van der Waals surface area contributed by atoms with E-state index in [1.807, 2.05) is 6.07 Å². The van der Waals surface area contributed by atoms with Gasteiger partial charge in [0.1, 0.15) is 18.1 Å². The summed E-state index contributed by atoms with van der Waals surface area (Å²) in [6.45, 7) is 0. The fourth-order valence-electron chi connectivity index (χ4n) is 1.20. The Balaban J connectivity index is 2.30. The largest absolute Gasteiger partial charge is 0.250 e. The summed E-state index contributed by atoms with van der Waals surface area (Å²) in [4.78, 5) is 1.30. The molecule has 1 aliphatic rings. The summed E-state index contributed by atoms with van der Waals surface area (Å²) in [6.07, 6.45) is 8.36. The molecule has 0 saturated carbocycles. The molecule has 0 aromatic heterocycles. The average Bonchev–Trinajstić information content (AvgIpc) is 2.58. The lowest BCUT2D eigenvalue weighted by Gasteiger charge is -2.03. The van der Waals surface area contributed by atoms with Crippen LogP contribution in [0.4, 0.5) is 5.69 Å². The molecular formula is C10H10N+. The molecule has 0 radical (unpaired) electrons. The van der Waals surface area contributed by atoms with Crippen molar-refractivity contribution in [1.29, 1.82) is 0 Å². The van der Waals surface area contributed by atoms with E-state index >= 15 is 0 Å². The highest BCUT2D eigenvalue weighted by Gasteiger charge is 2.05. The first-order valence-corrected chi connectivity index (χ1v) is 3.74. The Labute approximate surface area is 66.3 Å². The zero-order valence-corrected chi connectivity index (χ0v) is 6.20. The van der Waals surface area contributed by atoms with E-state index in [9.17, 15) is 0 Å². The molecule has 0 aliphatic carbocycles. The Hall–Kier alpha value is -1.34. The SMILES string of the molecule is C1=C[NH+](c2ccccc2)C=C1. The van der Waals surface area contributed by atoms with Gasteiger partial charge in [0.2, 0.25) is 0 Å². The Morgan fingerprint density at radius 2 is 1.45 bits per heavy atom. The van der Waals surface area contributed by atoms with E-state index in [1.165, 1.54) is 10.6 Å². The van der Waals surface area contributed by atoms with Crippen LogP contribution >= 0.6 is 0 Å². The number of allylic oxidation sites excluding steroid dienone is 2. The van der Waals surface area contributed by atoms with E-state index in [4.69, 9.17) is 0 Å². The lowest BCUT2D eigenvalue weighted by molar-refractivity contribution is -0.710. The van der Waals surface area contributed by atoms with Gasteiger partial charge in [0.25, 0.3) is 0 Å². The average molecular weight is 144 g/mol. The number of hydrogen-bond donors (Lipinski definition) is 1. The molecule has 1 heteroatoms. The van der Waals surface area contributed by atoms with Crippen LogP contribution < -0.4 is 4.90 Å². The third-order valence-electron chi connectivity index (χ3n) is 1.77. The Morgan fingerprint density at radius 3 is 2.09 bits per heavy atom. The molecule has 11 heavy (non-hydrogen) atoms. The van der Waals surface area contributed by atoms with Crippen molar-refractivity contribution < 1.29 is 4.90 Å². The van der Waals surface area contributed by atoms with Crippen molar-refractivity contribution in [1.82, 2.24) is 0 Å². The number of para-hydroxylation sites is 1. The van der Waals surface area contributed by atoms with Gasteiger partial charge in [-0.1, -0.05) is 18.2 Å². The summed E-state index contributed by atoms with van der Waals surface area (Å²) in [5, 5.41) is 0. The quantitative estimate of drug-likeness (QED) is 0.605. The van der Waals surface area contributed by atoms with Crippen LogP contribution in [-0.2, 0) is 0 Å².